The van der Waals surface area contributed by atoms with Crippen molar-refractivity contribution >= 4 is 0 Å². The first-order valence-electron chi connectivity index (χ1n) is 7.89. The first kappa shape index (κ1) is 14.0. The van der Waals surface area contributed by atoms with Gasteiger partial charge in [0.1, 0.15) is 0 Å². The lowest BCUT2D eigenvalue weighted by Crippen LogP contribution is -2.32. The highest BCUT2D eigenvalue weighted by Crippen LogP contribution is 2.42. The van der Waals surface area contributed by atoms with Crippen molar-refractivity contribution in [3.05, 3.63) is 12.3 Å². The molecule has 0 amide bonds. The fourth-order valence-electron chi connectivity index (χ4n) is 3.50. The maximum absolute atomic E-state index is 6.20. The van der Waals surface area contributed by atoms with Crippen LogP contribution in [0.5, 0.6) is 0 Å². The van der Waals surface area contributed by atoms with Crippen molar-refractivity contribution < 1.29 is 4.74 Å². The van der Waals surface area contributed by atoms with E-state index in [0.29, 0.717) is 6.10 Å². The fraction of sp³-hybridized carbons (Fsp3) is 0.882. The van der Waals surface area contributed by atoms with Crippen molar-refractivity contribution in [2.45, 2.75) is 78.2 Å². The smallest absolute Gasteiger partial charge is 0.0985 e. The van der Waals surface area contributed by atoms with Crippen LogP contribution >= 0.6 is 0 Å². The van der Waals surface area contributed by atoms with E-state index in [1.807, 2.05) is 0 Å². The van der Waals surface area contributed by atoms with Gasteiger partial charge in [-0.1, -0.05) is 53.0 Å². The monoisotopic (exact) mass is 250 g/mol. The van der Waals surface area contributed by atoms with Gasteiger partial charge in [-0.2, -0.15) is 0 Å². The first-order chi connectivity index (χ1) is 8.53. The molecular formula is C17H30O. The van der Waals surface area contributed by atoms with Gasteiger partial charge in [0.25, 0.3) is 0 Å². The van der Waals surface area contributed by atoms with Crippen molar-refractivity contribution in [3.63, 3.8) is 0 Å². The van der Waals surface area contributed by atoms with Crippen molar-refractivity contribution in [1.82, 2.24) is 0 Å². The molecule has 1 nitrogen and oxygen atoms in total. The Labute approximate surface area is 113 Å². The standard InChI is InChI=1S/C17H30O/c1-5-17(3,4)13(2)18-16-11-10-14-8-6-7-9-15(14)12-16/h14-16H,2,5-12H2,1,3-4H3. The molecule has 0 aromatic heterocycles. The maximum Gasteiger partial charge on any atom is 0.0985 e. The molecule has 3 unspecified atom stereocenters. The summed E-state index contributed by atoms with van der Waals surface area (Å²) in [7, 11) is 0. The Morgan fingerprint density at radius 1 is 1.11 bits per heavy atom. The lowest BCUT2D eigenvalue weighted by atomic mass is 9.70. The van der Waals surface area contributed by atoms with Gasteiger partial charge < -0.3 is 4.74 Å². The van der Waals surface area contributed by atoms with E-state index in [9.17, 15) is 0 Å². The molecule has 0 radical (unpaired) electrons. The lowest BCUT2D eigenvalue weighted by molar-refractivity contribution is 0.00262. The van der Waals surface area contributed by atoms with Gasteiger partial charge in [-0.05, 0) is 37.5 Å². The van der Waals surface area contributed by atoms with E-state index in [1.54, 1.807) is 0 Å². The van der Waals surface area contributed by atoms with Crippen LogP contribution in [0.15, 0.2) is 12.3 Å². The van der Waals surface area contributed by atoms with E-state index < -0.39 is 0 Å². The van der Waals surface area contributed by atoms with Crippen molar-refractivity contribution in [1.29, 1.82) is 0 Å². The van der Waals surface area contributed by atoms with E-state index in [0.717, 1.165) is 24.0 Å². The molecule has 0 bridgehead atoms. The molecule has 2 aliphatic rings. The molecule has 0 saturated heterocycles. The number of hydrogen-bond acceptors (Lipinski definition) is 1. The minimum Gasteiger partial charge on any atom is -0.495 e. The average Bonchev–Trinajstić information content (AvgIpc) is 2.38. The van der Waals surface area contributed by atoms with Gasteiger partial charge in [-0.3, -0.25) is 0 Å². The predicted molar refractivity (Wildman–Crippen MR) is 77.4 cm³/mol. The second-order valence-electron chi connectivity index (χ2n) is 7.02. The van der Waals surface area contributed by atoms with Crippen LogP contribution in [0.1, 0.15) is 72.1 Å². The van der Waals surface area contributed by atoms with E-state index in [4.69, 9.17) is 4.74 Å². The minimum atomic E-state index is 0.128. The average molecular weight is 250 g/mol. The SMILES string of the molecule is C=C(OC1CCC2CCCCC2C1)C(C)(C)CC. The molecule has 18 heavy (non-hydrogen) atoms. The minimum absolute atomic E-state index is 0.128. The molecule has 0 aromatic carbocycles. The van der Waals surface area contributed by atoms with E-state index in [-0.39, 0.29) is 5.41 Å². The summed E-state index contributed by atoms with van der Waals surface area (Å²) in [6.45, 7) is 10.9. The van der Waals surface area contributed by atoms with Crippen molar-refractivity contribution in [3.8, 4) is 0 Å². The third-order valence-corrected chi connectivity index (χ3v) is 5.44. The second-order valence-corrected chi connectivity index (χ2v) is 7.02. The molecule has 0 heterocycles. The summed E-state index contributed by atoms with van der Waals surface area (Å²) in [5.41, 5.74) is 0.128. The Kier molecular flexibility index (Phi) is 4.40. The summed E-state index contributed by atoms with van der Waals surface area (Å²) in [6.07, 6.45) is 11.3. The lowest BCUT2D eigenvalue weighted by Gasteiger charge is -2.40. The molecular weight excluding hydrogens is 220 g/mol. The molecule has 0 N–H and O–H groups in total. The third kappa shape index (κ3) is 3.10. The highest BCUT2D eigenvalue weighted by molar-refractivity contribution is 4.99. The van der Waals surface area contributed by atoms with Crippen LogP contribution in [0.4, 0.5) is 0 Å². The third-order valence-electron chi connectivity index (χ3n) is 5.44. The van der Waals surface area contributed by atoms with E-state index >= 15 is 0 Å². The Balaban J connectivity index is 1.86. The van der Waals surface area contributed by atoms with Crippen LogP contribution in [-0.4, -0.2) is 6.10 Å². The van der Waals surface area contributed by atoms with Gasteiger partial charge in [-0.25, -0.2) is 0 Å². The Hall–Kier alpha value is -0.460. The number of fused-ring (bicyclic) bond motifs is 1. The zero-order valence-electron chi connectivity index (χ0n) is 12.5. The molecule has 2 saturated carbocycles. The topological polar surface area (TPSA) is 9.23 Å². The summed E-state index contributed by atoms with van der Waals surface area (Å²) in [5, 5.41) is 0. The Bertz CT molecular complexity index is 292. The van der Waals surface area contributed by atoms with Crippen LogP contribution in [0.2, 0.25) is 0 Å². The quantitative estimate of drug-likeness (QED) is 0.614. The van der Waals surface area contributed by atoms with Crippen LogP contribution in [0, 0.1) is 17.3 Å². The van der Waals surface area contributed by atoms with Gasteiger partial charge in [-0.15, -0.1) is 0 Å². The number of allylic oxidation sites excluding steroid dienone is 1. The largest absolute Gasteiger partial charge is 0.495 e. The molecule has 2 aliphatic carbocycles. The van der Waals surface area contributed by atoms with E-state index in [2.05, 4.69) is 27.4 Å². The van der Waals surface area contributed by atoms with Gasteiger partial charge in [0.05, 0.1) is 11.9 Å². The molecule has 104 valence electrons. The normalized spacial score (nSPS) is 32.7. The zero-order chi connectivity index (χ0) is 13.2. The summed E-state index contributed by atoms with van der Waals surface area (Å²) in [5.74, 6) is 2.95. The highest BCUT2D eigenvalue weighted by Gasteiger charge is 2.34. The predicted octanol–water partition coefficient (Wildman–Crippen LogP) is 5.31. The van der Waals surface area contributed by atoms with Crippen molar-refractivity contribution in [2.24, 2.45) is 17.3 Å². The zero-order valence-corrected chi connectivity index (χ0v) is 12.5. The van der Waals surface area contributed by atoms with Crippen LogP contribution in [-0.2, 0) is 4.74 Å². The molecule has 1 heteroatoms. The first-order valence-corrected chi connectivity index (χ1v) is 7.89. The van der Waals surface area contributed by atoms with Gasteiger partial charge in [0.2, 0.25) is 0 Å². The molecule has 2 fully saturated rings. The Morgan fingerprint density at radius 2 is 1.78 bits per heavy atom. The summed E-state index contributed by atoms with van der Waals surface area (Å²) in [4.78, 5) is 0. The fourth-order valence-corrected chi connectivity index (χ4v) is 3.50. The van der Waals surface area contributed by atoms with Crippen LogP contribution in [0.3, 0.4) is 0 Å². The summed E-state index contributed by atoms with van der Waals surface area (Å²) >= 11 is 0. The van der Waals surface area contributed by atoms with Crippen LogP contribution < -0.4 is 0 Å². The molecule has 3 atom stereocenters. The van der Waals surface area contributed by atoms with Crippen molar-refractivity contribution in [2.75, 3.05) is 0 Å². The summed E-state index contributed by atoms with van der Waals surface area (Å²) < 4.78 is 6.20. The molecule has 2 rings (SSSR count). The van der Waals surface area contributed by atoms with Gasteiger partial charge >= 0.3 is 0 Å². The number of hydrogen-bond donors (Lipinski definition) is 0. The highest BCUT2D eigenvalue weighted by atomic mass is 16.5. The molecule has 0 aromatic rings. The van der Waals surface area contributed by atoms with Crippen LogP contribution in [0.25, 0.3) is 0 Å². The summed E-state index contributed by atoms with van der Waals surface area (Å²) in [6, 6.07) is 0. The number of ether oxygens (including phenoxy) is 1. The Morgan fingerprint density at radius 3 is 2.44 bits per heavy atom. The van der Waals surface area contributed by atoms with E-state index in [1.165, 1.54) is 44.9 Å². The number of rotatable bonds is 4. The molecule has 0 spiro atoms. The molecule has 0 aliphatic heterocycles. The maximum atomic E-state index is 6.20. The van der Waals surface area contributed by atoms with Gasteiger partial charge in [0.15, 0.2) is 0 Å². The van der Waals surface area contributed by atoms with Gasteiger partial charge in [0, 0.05) is 5.41 Å². The second kappa shape index (κ2) is 5.67.